The van der Waals surface area contributed by atoms with Gasteiger partial charge in [0.1, 0.15) is 13.2 Å². The SMILES string of the molecule is CC(NC(=O)C=Cc1cnn(C)c1)c1ccc2c(c1)OCCO2. The molecule has 0 fully saturated rings. The number of amides is 1. The van der Waals surface area contributed by atoms with E-state index in [0.717, 1.165) is 22.6 Å². The molecule has 1 aliphatic heterocycles. The molecule has 0 radical (unpaired) electrons. The van der Waals surface area contributed by atoms with Gasteiger partial charge in [0.25, 0.3) is 0 Å². The number of carbonyl (C=O) groups excluding carboxylic acids is 1. The summed E-state index contributed by atoms with van der Waals surface area (Å²) in [5.74, 6) is 1.31. The molecule has 0 saturated carbocycles. The van der Waals surface area contributed by atoms with E-state index in [2.05, 4.69) is 10.4 Å². The van der Waals surface area contributed by atoms with Crippen LogP contribution < -0.4 is 14.8 Å². The Morgan fingerprint density at radius 3 is 2.87 bits per heavy atom. The maximum Gasteiger partial charge on any atom is 0.244 e. The molecule has 0 saturated heterocycles. The van der Waals surface area contributed by atoms with E-state index in [-0.39, 0.29) is 11.9 Å². The van der Waals surface area contributed by atoms with Crippen LogP contribution in [0.2, 0.25) is 0 Å². The maximum absolute atomic E-state index is 12.0. The van der Waals surface area contributed by atoms with E-state index in [1.807, 2.05) is 38.4 Å². The van der Waals surface area contributed by atoms with Crippen molar-refractivity contribution in [3.8, 4) is 11.5 Å². The maximum atomic E-state index is 12.0. The molecular weight excluding hydrogens is 294 g/mol. The number of nitrogens with zero attached hydrogens (tertiary/aromatic N) is 2. The fraction of sp³-hybridized carbons (Fsp3) is 0.294. The molecule has 1 N–H and O–H groups in total. The number of carbonyl (C=O) groups is 1. The molecule has 120 valence electrons. The number of fused-ring (bicyclic) bond motifs is 1. The van der Waals surface area contributed by atoms with Crippen molar-refractivity contribution in [1.29, 1.82) is 0 Å². The second kappa shape index (κ2) is 6.56. The number of aromatic nitrogens is 2. The summed E-state index contributed by atoms with van der Waals surface area (Å²) in [6.07, 6.45) is 6.78. The van der Waals surface area contributed by atoms with Gasteiger partial charge < -0.3 is 14.8 Å². The molecule has 2 aromatic rings. The fourth-order valence-corrected chi connectivity index (χ4v) is 2.37. The third-order valence-corrected chi connectivity index (χ3v) is 3.58. The summed E-state index contributed by atoms with van der Waals surface area (Å²) < 4.78 is 12.8. The van der Waals surface area contributed by atoms with Crippen LogP contribution in [0.15, 0.2) is 36.7 Å². The number of hydrogen-bond acceptors (Lipinski definition) is 4. The lowest BCUT2D eigenvalue weighted by Crippen LogP contribution is -2.25. The number of hydrogen-bond donors (Lipinski definition) is 1. The Bertz CT molecular complexity index is 736. The van der Waals surface area contributed by atoms with Gasteiger partial charge in [-0.05, 0) is 30.7 Å². The zero-order chi connectivity index (χ0) is 16.2. The second-order valence-corrected chi connectivity index (χ2v) is 5.41. The topological polar surface area (TPSA) is 65.4 Å². The summed E-state index contributed by atoms with van der Waals surface area (Å²) in [6.45, 7) is 3.05. The van der Waals surface area contributed by atoms with Crippen LogP contribution in [0.5, 0.6) is 11.5 Å². The quantitative estimate of drug-likeness (QED) is 0.878. The molecule has 1 amide bonds. The molecule has 1 aromatic carbocycles. The Labute approximate surface area is 134 Å². The largest absolute Gasteiger partial charge is 0.486 e. The lowest BCUT2D eigenvalue weighted by Gasteiger charge is -2.20. The van der Waals surface area contributed by atoms with Crippen LogP contribution in [-0.4, -0.2) is 28.9 Å². The van der Waals surface area contributed by atoms with Crippen molar-refractivity contribution in [2.24, 2.45) is 7.05 Å². The first-order valence-electron chi connectivity index (χ1n) is 7.48. The van der Waals surface area contributed by atoms with Crippen LogP contribution in [0.4, 0.5) is 0 Å². The van der Waals surface area contributed by atoms with E-state index in [1.54, 1.807) is 17.0 Å². The molecule has 3 rings (SSSR count). The van der Waals surface area contributed by atoms with Gasteiger partial charge in [0, 0.05) is 24.9 Å². The van der Waals surface area contributed by atoms with Crippen LogP contribution in [0.25, 0.3) is 6.08 Å². The smallest absolute Gasteiger partial charge is 0.244 e. The third-order valence-electron chi connectivity index (χ3n) is 3.58. The van der Waals surface area contributed by atoms with Crippen LogP contribution >= 0.6 is 0 Å². The van der Waals surface area contributed by atoms with E-state index in [4.69, 9.17) is 9.47 Å². The third kappa shape index (κ3) is 3.71. The minimum absolute atomic E-state index is 0.128. The molecule has 1 aromatic heterocycles. The molecule has 6 heteroatoms. The van der Waals surface area contributed by atoms with Gasteiger partial charge in [-0.25, -0.2) is 0 Å². The zero-order valence-corrected chi connectivity index (χ0v) is 13.2. The van der Waals surface area contributed by atoms with Gasteiger partial charge in [-0.1, -0.05) is 6.07 Å². The van der Waals surface area contributed by atoms with E-state index >= 15 is 0 Å². The lowest BCUT2D eigenvalue weighted by atomic mass is 10.1. The van der Waals surface area contributed by atoms with Crippen molar-refractivity contribution < 1.29 is 14.3 Å². The molecule has 23 heavy (non-hydrogen) atoms. The van der Waals surface area contributed by atoms with Crippen molar-refractivity contribution in [1.82, 2.24) is 15.1 Å². The number of ether oxygens (including phenoxy) is 2. The Kier molecular flexibility index (Phi) is 4.32. The summed E-state index contributed by atoms with van der Waals surface area (Å²) >= 11 is 0. The van der Waals surface area contributed by atoms with Gasteiger partial charge in [0.15, 0.2) is 11.5 Å². The number of aryl methyl sites for hydroxylation is 1. The van der Waals surface area contributed by atoms with Crippen molar-refractivity contribution in [3.05, 3.63) is 47.8 Å². The highest BCUT2D eigenvalue weighted by Crippen LogP contribution is 2.32. The predicted molar refractivity (Wildman–Crippen MR) is 86.2 cm³/mol. The Morgan fingerprint density at radius 1 is 1.35 bits per heavy atom. The zero-order valence-electron chi connectivity index (χ0n) is 13.2. The second-order valence-electron chi connectivity index (χ2n) is 5.41. The standard InChI is InChI=1S/C17H19N3O3/c1-12(14-4-5-15-16(9-14)23-8-7-22-15)19-17(21)6-3-13-10-18-20(2)11-13/h3-6,9-12H,7-8H2,1-2H3,(H,19,21). The minimum atomic E-state index is -0.156. The van der Waals surface area contributed by atoms with E-state index in [0.29, 0.717) is 13.2 Å². The summed E-state index contributed by atoms with van der Waals surface area (Å²) in [4.78, 5) is 12.0. The number of rotatable bonds is 4. The first-order valence-corrected chi connectivity index (χ1v) is 7.48. The highest BCUT2D eigenvalue weighted by molar-refractivity contribution is 5.91. The van der Waals surface area contributed by atoms with Crippen LogP contribution in [0.1, 0.15) is 24.1 Å². The van der Waals surface area contributed by atoms with Crippen LogP contribution in [0.3, 0.4) is 0 Å². The summed E-state index contributed by atoms with van der Waals surface area (Å²) in [5, 5.41) is 6.98. The molecule has 1 aliphatic rings. The molecule has 0 spiro atoms. The molecule has 0 bridgehead atoms. The lowest BCUT2D eigenvalue weighted by molar-refractivity contribution is -0.117. The normalized spacial score (nSPS) is 14.7. The summed E-state index contributed by atoms with van der Waals surface area (Å²) in [5.41, 5.74) is 1.85. The molecule has 0 aliphatic carbocycles. The highest BCUT2D eigenvalue weighted by atomic mass is 16.6. The van der Waals surface area contributed by atoms with E-state index in [9.17, 15) is 4.79 Å². The van der Waals surface area contributed by atoms with Gasteiger partial charge in [0.2, 0.25) is 5.91 Å². The molecule has 1 atom stereocenters. The van der Waals surface area contributed by atoms with Crippen molar-refractivity contribution >= 4 is 12.0 Å². The van der Waals surface area contributed by atoms with Gasteiger partial charge in [-0.3, -0.25) is 9.48 Å². The summed E-state index contributed by atoms with van der Waals surface area (Å²) in [7, 11) is 1.83. The molecule has 1 unspecified atom stereocenters. The summed E-state index contributed by atoms with van der Waals surface area (Å²) in [6, 6.07) is 5.59. The van der Waals surface area contributed by atoms with E-state index in [1.165, 1.54) is 6.08 Å². The van der Waals surface area contributed by atoms with Gasteiger partial charge >= 0.3 is 0 Å². The Balaban J connectivity index is 1.63. The van der Waals surface area contributed by atoms with Gasteiger partial charge in [0.05, 0.1) is 12.2 Å². The molecular formula is C17H19N3O3. The van der Waals surface area contributed by atoms with E-state index < -0.39 is 0 Å². The minimum Gasteiger partial charge on any atom is -0.486 e. The number of benzene rings is 1. The number of nitrogens with one attached hydrogen (secondary N) is 1. The predicted octanol–water partition coefficient (Wildman–Crippen LogP) is 2.08. The molecule has 6 nitrogen and oxygen atoms in total. The van der Waals surface area contributed by atoms with Crippen LogP contribution in [-0.2, 0) is 11.8 Å². The van der Waals surface area contributed by atoms with Crippen molar-refractivity contribution in [2.75, 3.05) is 13.2 Å². The average Bonchev–Trinajstić information content (AvgIpc) is 2.98. The first kappa shape index (κ1) is 15.1. The first-order chi connectivity index (χ1) is 11.1. The Morgan fingerprint density at radius 2 is 2.13 bits per heavy atom. The van der Waals surface area contributed by atoms with Crippen molar-refractivity contribution in [2.45, 2.75) is 13.0 Å². The van der Waals surface area contributed by atoms with Gasteiger partial charge in [-0.15, -0.1) is 0 Å². The highest BCUT2D eigenvalue weighted by Gasteiger charge is 2.15. The van der Waals surface area contributed by atoms with Gasteiger partial charge in [-0.2, -0.15) is 5.10 Å². The van der Waals surface area contributed by atoms with Crippen LogP contribution in [0, 0.1) is 0 Å². The molecule has 2 heterocycles. The fourth-order valence-electron chi connectivity index (χ4n) is 2.37. The van der Waals surface area contributed by atoms with Crippen molar-refractivity contribution in [3.63, 3.8) is 0 Å². The monoisotopic (exact) mass is 313 g/mol. The average molecular weight is 313 g/mol. The Hall–Kier alpha value is -2.76.